The van der Waals surface area contributed by atoms with Crippen LogP contribution in [0.2, 0.25) is 0 Å². The van der Waals surface area contributed by atoms with Crippen molar-refractivity contribution in [1.82, 2.24) is 9.88 Å². The Balaban J connectivity index is 1.76. The zero-order valence-corrected chi connectivity index (χ0v) is 15.9. The van der Waals surface area contributed by atoms with Crippen molar-refractivity contribution in [3.63, 3.8) is 0 Å². The molecule has 0 spiro atoms. The van der Waals surface area contributed by atoms with Gasteiger partial charge < -0.3 is 9.80 Å². The maximum Gasteiger partial charge on any atom is 0.255 e. The molecular weight excluding hydrogens is 334 g/mol. The number of hydrogen-bond donors (Lipinski definition) is 0. The third-order valence-corrected chi connectivity index (χ3v) is 4.54. The van der Waals surface area contributed by atoms with Gasteiger partial charge in [-0.1, -0.05) is 48.5 Å². The molecule has 0 aliphatic rings. The number of carbonyl (C=O) groups excluding carboxylic acids is 1. The predicted molar refractivity (Wildman–Crippen MR) is 110 cm³/mol. The van der Waals surface area contributed by atoms with E-state index in [-0.39, 0.29) is 5.91 Å². The van der Waals surface area contributed by atoms with Gasteiger partial charge in [-0.3, -0.25) is 4.79 Å². The molecule has 0 radical (unpaired) electrons. The summed E-state index contributed by atoms with van der Waals surface area (Å²) < 4.78 is 0. The van der Waals surface area contributed by atoms with Crippen LogP contribution in [0.1, 0.15) is 29.8 Å². The summed E-state index contributed by atoms with van der Waals surface area (Å²) in [6.07, 6.45) is 1.68. The van der Waals surface area contributed by atoms with Gasteiger partial charge in [-0.05, 0) is 43.7 Å². The summed E-state index contributed by atoms with van der Waals surface area (Å²) in [6.45, 7) is 6.15. The molecule has 1 aromatic heterocycles. The second-order valence-corrected chi connectivity index (χ2v) is 6.29. The van der Waals surface area contributed by atoms with Gasteiger partial charge in [0.05, 0.1) is 5.56 Å². The van der Waals surface area contributed by atoms with Gasteiger partial charge in [0, 0.05) is 31.5 Å². The fourth-order valence-corrected chi connectivity index (χ4v) is 3.07. The molecule has 2 aromatic carbocycles. The van der Waals surface area contributed by atoms with E-state index in [2.05, 4.69) is 28.9 Å². The minimum absolute atomic E-state index is 0.00293. The minimum atomic E-state index is 0.00293. The van der Waals surface area contributed by atoms with E-state index < -0.39 is 0 Å². The number of nitrogens with zero attached hydrogens (tertiary/aromatic N) is 3. The summed E-state index contributed by atoms with van der Waals surface area (Å²) in [4.78, 5) is 21.4. The first-order valence-electron chi connectivity index (χ1n) is 9.34. The van der Waals surface area contributed by atoms with Crippen LogP contribution in [-0.2, 0) is 6.54 Å². The molecule has 0 aliphatic heterocycles. The number of pyridine rings is 1. The summed E-state index contributed by atoms with van der Waals surface area (Å²) in [5.41, 5.74) is 2.82. The Labute approximate surface area is 161 Å². The molecule has 1 heterocycles. The average Bonchev–Trinajstić information content (AvgIpc) is 2.74. The number of amides is 1. The molecule has 27 heavy (non-hydrogen) atoms. The van der Waals surface area contributed by atoms with E-state index in [1.165, 1.54) is 0 Å². The average molecular weight is 359 g/mol. The highest BCUT2D eigenvalue weighted by Crippen LogP contribution is 2.23. The van der Waals surface area contributed by atoms with Crippen molar-refractivity contribution in [2.45, 2.75) is 20.4 Å². The number of aromatic nitrogens is 1. The molecule has 138 valence electrons. The highest BCUT2D eigenvalue weighted by atomic mass is 16.2. The lowest BCUT2D eigenvalue weighted by molar-refractivity contribution is 0.0752. The first kappa shape index (κ1) is 18.6. The van der Waals surface area contributed by atoms with E-state index in [0.717, 1.165) is 23.6 Å². The molecule has 3 aromatic rings. The molecule has 0 N–H and O–H groups in total. The first-order chi connectivity index (χ1) is 13.2. The van der Waals surface area contributed by atoms with Crippen LogP contribution in [-0.4, -0.2) is 28.9 Å². The van der Waals surface area contributed by atoms with Gasteiger partial charge >= 0.3 is 0 Å². The normalized spacial score (nSPS) is 10.4. The van der Waals surface area contributed by atoms with Crippen molar-refractivity contribution in [3.05, 3.63) is 90.1 Å². The van der Waals surface area contributed by atoms with Crippen LogP contribution in [0.4, 0.5) is 11.5 Å². The molecule has 1 amide bonds. The minimum Gasteiger partial charge on any atom is -0.335 e. The SMILES string of the molecule is CCN(Cc1ccccc1)C(=O)c1ccc(N(CC)c2ccccc2)nc1. The van der Waals surface area contributed by atoms with Crippen LogP contribution in [0, 0.1) is 0 Å². The molecule has 0 saturated carbocycles. The number of benzene rings is 2. The number of hydrogen-bond acceptors (Lipinski definition) is 3. The molecule has 0 unspecified atom stereocenters. The first-order valence-corrected chi connectivity index (χ1v) is 9.34. The number of anilines is 2. The smallest absolute Gasteiger partial charge is 0.255 e. The molecule has 0 saturated heterocycles. The van der Waals surface area contributed by atoms with E-state index >= 15 is 0 Å². The van der Waals surface area contributed by atoms with Gasteiger partial charge in [0.15, 0.2) is 0 Å². The monoisotopic (exact) mass is 359 g/mol. The van der Waals surface area contributed by atoms with Gasteiger partial charge in [0.2, 0.25) is 0 Å². The molecule has 4 nitrogen and oxygen atoms in total. The lowest BCUT2D eigenvalue weighted by atomic mass is 10.2. The van der Waals surface area contributed by atoms with Gasteiger partial charge in [-0.25, -0.2) is 4.98 Å². The maximum absolute atomic E-state index is 12.9. The molecule has 0 fully saturated rings. The Bertz CT molecular complexity index is 848. The molecule has 4 heteroatoms. The van der Waals surface area contributed by atoms with E-state index in [1.54, 1.807) is 6.20 Å². The standard InChI is InChI=1S/C23H25N3O/c1-3-25(18-19-11-7-5-8-12-19)23(27)20-15-16-22(24-17-20)26(4-2)21-13-9-6-10-14-21/h5-17H,3-4,18H2,1-2H3. The zero-order chi connectivity index (χ0) is 19.1. The van der Waals surface area contributed by atoms with Gasteiger partial charge in [-0.15, -0.1) is 0 Å². The number of para-hydroxylation sites is 1. The van der Waals surface area contributed by atoms with E-state index in [0.29, 0.717) is 18.7 Å². The molecular formula is C23H25N3O. The van der Waals surface area contributed by atoms with Crippen LogP contribution < -0.4 is 4.90 Å². The Morgan fingerprint density at radius 3 is 2.07 bits per heavy atom. The summed E-state index contributed by atoms with van der Waals surface area (Å²) in [7, 11) is 0. The van der Waals surface area contributed by atoms with E-state index in [4.69, 9.17) is 0 Å². The lowest BCUT2D eigenvalue weighted by Gasteiger charge is -2.23. The molecule has 0 bridgehead atoms. The molecule has 0 atom stereocenters. The Hall–Kier alpha value is -3.14. The second-order valence-electron chi connectivity index (χ2n) is 6.29. The third-order valence-electron chi connectivity index (χ3n) is 4.54. The molecule has 3 rings (SSSR count). The largest absolute Gasteiger partial charge is 0.335 e. The predicted octanol–water partition coefficient (Wildman–Crippen LogP) is 4.90. The van der Waals surface area contributed by atoms with Crippen LogP contribution in [0.25, 0.3) is 0 Å². The summed E-state index contributed by atoms with van der Waals surface area (Å²) >= 11 is 0. The van der Waals surface area contributed by atoms with Gasteiger partial charge in [0.1, 0.15) is 5.82 Å². The Morgan fingerprint density at radius 1 is 0.852 bits per heavy atom. The highest BCUT2D eigenvalue weighted by Gasteiger charge is 2.16. The number of carbonyl (C=O) groups is 1. The summed E-state index contributed by atoms with van der Waals surface area (Å²) in [5.74, 6) is 0.842. The maximum atomic E-state index is 12.9. The van der Waals surface area contributed by atoms with Gasteiger partial charge in [0.25, 0.3) is 5.91 Å². The van der Waals surface area contributed by atoms with Crippen molar-refractivity contribution in [3.8, 4) is 0 Å². The highest BCUT2D eigenvalue weighted by molar-refractivity contribution is 5.94. The van der Waals surface area contributed by atoms with Crippen molar-refractivity contribution >= 4 is 17.4 Å². The fourth-order valence-electron chi connectivity index (χ4n) is 3.07. The summed E-state index contributed by atoms with van der Waals surface area (Å²) in [5, 5.41) is 0. The van der Waals surface area contributed by atoms with E-state index in [1.807, 2.05) is 72.5 Å². The van der Waals surface area contributed by atoms with Crippen molar-refractivity contribution < 1.29 is 4.79 Å². The van der Waals surface area contributed by atoms with Crippen LogP contribution in [0.3, 0.4) is 0 Å². The van der Waals surface area contributed by atoms with Crippen molar-refractivity contribution in [1.29, 1.82) is 0 Å². The Kier molecular flexibility index (Phi) is 6.21. The van der Waals surface area contributed by atoms with Crippen molar-refractivity contribution in [2.24, 2.45) is 0 Å². The lowest BCUT2D eigenvalue weighted by Crippen LogP contribution is -2.30. The zero-order valence-electron chi connectivity index (χ0n) is 15.9. The van der Waals surface area contributed by atoms with Crippen LogP contribution in [0.15, 0.2) is 79.0 Å². The fraction of sp³-hybridized carbons (Fsp3) is 0.217. The van der Waals surface area contributed by atoms with Gasteiger partial charge in [-0.2, -0.15) is 0 Å². The van der Waals surface area contributed by atoms with Crippen LogP contribution in [0.5, 0.6) is 0 Å². The quantitative estimate of drug-likeness (QED) is 0.602. The van der Waals surface area contributed by atoms with E-state index in [9.17, 15) is 4.79 Å². The number of rotatable bonds is 7. The second kappa shape index (κ2) is 8.99. The topological polar surface area (TPSA) is 36.4 Å². The third kappa shape index (κ3) is 4.53. The van der Waals surface area contributed by atoms with Crippen molar-refractivity contribution in [2.75, 3.05) is 18.0 Å². The molecule has 0 aliphatic carbocycles. The Morgan fingerprint density at radius 2 is 1.52 bits per heavy atom. The van der Waals surface area contributed by atoms with Crippen LogP contribution >= 0.6 is 0 Å². The summed E-state index contributed by atoms with van der Waals surface area (Å²) in [6, 6.07) is 24.0.